The van der Waals surface area contributed by atoms with Crippen molar-refractivity contribution in [2.24, 2.45) is 0 Å². The highest BCUT2D eigenvalue weighted by Crippen LogP contribution is 2.13. The first-order valence-corrected chi connectivity index (χ1v) is 4.15. The summed E-state index contributed by atoms with van der Waals surface area (Å²) >= 11 is 0. The highest BCUT2D eigenvalue weighted by Gasteiger charge is 2.18. The summed E-state index contributed by atoms with van der Waals surface area (Å²) in [6, 6.07) is 0. The van der Waals surface area contributed by atoms with E-state index < -0.39 is 0 Å². The molecular formula is C9H14O3. The van der Waals surface area contributed by atoms with E-state index in [0.717, 1.165) is 18.4 Å². The zero-order valence-electron chi connectivity index (χ0n) is 7.50. The zero-order valence-corrected chi connectivity index (χ0v) is 7.50. The molecule has 1 atom stereocenters. The molecule has 0 aromatic heterocycles. The lowest BCUT2D eigenvalue weighted by molar-refractivity contribution is -0.163. The first-order chi connectivity index (χ1) is 5.68. The lowest BCUT2D eigenvalue weighted by atomic mass is 10.3. The molecule has 1 aliphatic rings. The first kappa shape index (κ1) is 9.26. The van der Waals surface area contributed by atoms with Crippen molar-refractivity contribution < 1.29 is 14.3 Å². The number of carbonyl (C=O) groups excluding carboxylic acids is 1. The number of hydrogen-bond acceptors (Lipinski definition) is 3. The molecule has 0 radical (unpaired) electrons. The number of esters is 1. The third-order valence-electron chi connectivity index (χ3n) is 1.54. The minimum Gasteiger partial charge on any atom is -0.433 e. The van der Waals surface area contributed by atoms with Gasteiger partial charge in [0, 0.05) is 12.5 Å². The van der Waals surface area contributed by atoms with E-state index in [9.17, 15) is 4.79 Å². The van der Waals surface area contributed by atoms with Crippen molar-refractivity contribution in [3.8, 4) is 0 Å². The van der Waals surface area contributed by atoms with E-state index in [1.165, 1.54) is 6.08 Å². The van der Waals surface area contributed by atoms with Crippen LogP contribution in [0.2, 0.25) is 0 Å². The van der Waals surface area contributed by atoms with Gasteiger partial charge < -0.3 is 9.47 Å². The molecule has 0 saturated carbocycles. The van der Waals surface area contributed by atoms with Crippen LogP contribution in [0.3, 0.4) is 0 Å². The second kappa shape index (κ2) is 4.26. The second-order valence-electron chi connectivity index (χ2n) is 3.10. The average Bonchev–Trinajstić information content (AvgIpc) is 2.37. The van der Waals surface area contributed by atoms with Crippen LogP contribution in [0.15, 0.2) is 11.6 Å². The molecule has 0 aromatic rings. The molecule has 0 aromatic carbocycles. The maximum Gasteiger partial charge on any atom is 0.332 e. The van der Waals surface area contributed by atoms with Gasteiger partial charge in [0.2, 0.25) is 6.29 Å². The summed E-state index contributed by atoms with van der Waals surface area (Å²) in [4.78, 5) is 11.0. The fraction of sp³-hybridized carbons (Fsp3) is 0.667. The molecule has 3 nitrogen and oxygen atoms in total. The quantitative estimate of drug-likeness (QED) is 0.466. The molecule has 1 rings (SSSR count). The van der Waals surface area contributed by atoms with E-state index in [2.05, 4.69) is 0 Å². The van der Waals surface area contributed by atoms with Crippen LogP contribution in [0.4, 0.5) is 0 Å². The minimum atomic E-state index is -0.312. The molecule has 12 heavy (non-hydrogen) atoms. The molecule has 0 bridgehead atoms. The predicted octanol–water partition coefficient (Wildman–Crippen LogP) is 1.63. The van der Waals surface area contributed by atoms with Gasteiger partial charge >= 0.3 is 5.97 Å². The lowest BCUT2D eigenvalue weighted by Gasteiger charge is -2.08. The van der Waals surface area contributed by atoms with E-state index >= 15 is 0 Å². The first-order valence-electron chi connectivity index (χ1n) is 4.15. The van der Waals surface area contributed by atoms with E-state index in [-0.39, 0.29) is 12.3 Å². The topological polar surface area (TPSA) is 35.5 Å². The third-order valence-corrected chi connectivity index (χ3v) is 1.54. The molecule has 0 spiro atoms. The van der Waals surface area contributed by atoms with Gasteiger partial charge in [0.15, 0.2) is 0 Å². The fourth-order valence-corrected chi connectivity index (χ4v) is 1.04. The SMILES string of the molecule is CC(C)=CC(=O)OC1CCCO1. The predicted molar refractivity (Wildman–Crippen MR) is 44.5 cm³/mol. The molecule has 1 saturated heterocycles. The van der Waals surface area contributed by atoms with Crippen LogP contribution in [-0.2, 0) is 14.3 Å². The number of hydrogen-bond donors (Lipinski definition) is 0. The molecular weight excluding hydrogens is 156 g/mol. The molecule has 0 aliphatic carbocycles. The Hall–Kier alpha value is -0.830. The summed E-state index contributed by atoms with van der Waals surface area (Å²) in [5.41, 5.74) is 0.943. The van der Waals surface area contributed by atoms with Crippen molar-refractivity contribution in [3.63, 3.8) is 0 Å². The van der Waals surface area contributed by atoms with E-state index in [0.29, 0.717) is 6.61 Å². The number of carbonyl (C=O) groups is 1. The summed E-state index contributed by atoms with van der Waals surface area (Å²) in [5, 5.41) is 0. The lowest BCUT2D eigenvalue weighted by Crippen LogP contribution is -2.14. The normalized spacial score (nSPS) is 22.0. The Balaban J connectivity index is 2.30. The standard InChI is InChI=1S/C9H14O3/c1-7(2)6-8(10)12-9-4-3-5-11-9/h6,9H,3-5H2,1-2H3. The zero-order chi connectivity index (χ0) is 8.97. The van der Waals surface area contributed by atoms with Crippen molar-refractivity contribution in [1.29, 1.82) is 0 Å². The number of allylic oxidation sites excluding steroid dienone is 1. The fourth-order valence-electron chi connectivity index (χ4n) is 1.04. The van der Waals surface area contributed by atoms with Crippen LogP contribution >= 0.6 is 0 Å². The van der Waals surface area contributed by atoms with Gasteiger partial charge in [-0.15, -0.1) is 0 Å². The van der Waals surface area contributed by atoms with Crippen LogP contribution in [0.1, 0.15) is 26.7 Å². The van der Waals surface area contributed by atoms with Crippen molar-refractivity contribution in [2.75, 3.05) is 6.61 Å². The number of rotatable bonds is 2. The minimum absolute atomic E-state index is 0.304. The van der Waals surface area contributed by atoms with E-state index in [1.54, 1.807) is 0 Å². The Labute approximate surface area is 72.4 Å². The molecule has 1 heterocycles. The van der Waals surface area contributed by atoms with Gasteiger partial charge in [0.1, 0.15) is 0 Å². The van der Waals surface area contributed by atoms with E-state index in [1.807, 2.05) is 13.8 Å². The van der Waals surface area contributed by atoms with Gasteiger partial charge in [-0.1, -0.05) is 5.57 Å². The molecule has 3 heteroatoms. The van der Waals surface area contributed by atoms with Crippen molar-refractivity contribution in [2.45, 2.75) is 33.0 Å². The maximum atomic E-state index is 11.0. The summed E-state index contributed by atoms with van der Waals surface area (Å²) in [5.74, 6) is -0.304. The summed E-state index contributed by atoms with van der Waals surface area (Å²) in [6.07, 6.45) is 2.96. The van der Waals surface area contributed by atoms with Crippen LogP contribution in [0.25, 0.3) is 0 Å². The summed E-state index contributed by atoms with van der Waals surface area (Å²) in [7, 11) is 0. The Morgan fingerprint density at radius 1 is 1.58 bits per heavy atom. The van der Waals surface area contributed by atoms with Crippen LogP contribution < -0.4 is 0 Å². The summed E-state index contributed by atoms with van der Waals surface area (Å²) in [6.45, 7) is 4.42. The molecule has 1 unspecified atom stereocenters. The molecule has 0 N–H and O–H groups in total. The molecule has 1 aliphatic heterocycles. The van der Waals surface area contributed by atoms with Gasteiger partial charge in [0.05, 0.1) is 6.61 Å². The molecule has 1 fully saturated rings. The third kappa shape index (κ3) is 3.05. The smallest absolute Gasteiger partial charge is 0.332 e. The monoisotopic (exact) mass is 170 g/mol. The van der Waals surface area contributed by atoms with Gasteiger partial charge in [-0.25, -0.2) is 4.79 Å². The Morgan fingerprint density at radius 2 is 2.33 bits per heavy atom. The van der Waals surface area contributed by atoms with Crippen LogP contribution in [0.5, 0.6) is 0 Å². The van der Waals surface area contributed by atoms with Gasteiger partial charge in [0.25, 0.3) is 0 Å². The highest BCUT2D eigenvalue weighted by atomic mass is 16.7. The Kier molecular flexibility index (Phi) is 3.29. The average molecular weight is 170 g/mol. The highest BCUT2D eigenvalue weighted by molar-refractivity contribution is 5.82. The second-order valence-corrected chi connectivity index (χ2v) is 3.10. The molecule has 0 amide bonds. The van der Waals surface area contributed by atoms with Crippen molar-refractivity contribution in [1.82, 2.24) is 0 Å². The maximum absolute atomic E-state index is 11.0. The van der Waals surface area contributed by atoms with Gasteiger partial charge in [-0.05, 0) is 20.3 Å². The van der Waals surface area contributed by atoms with Crippen LogP contribution in [-0.4, -0.2) is 18.9 Å². The summed E-state index contributed by atoms with van der Waals surface area (Å²) < 4.78 is 10.1. The van der Waals surface area contributed by atoms with Gasteiger partial charge in [-0.2, -0.15) is 0 Å². The van der Waals surface area contributed by atoms with Crippen molar-refractivity contribution in [3.05, 3.63) is 11.6 Å². The Bertz CT molecular complexity index is 186. The van der Waals surface area contributed by atoms with Crippen LogP contribution in [0, 0.1) is 0 Å². The van der Waals surface area contributed by atoms with E-state index in [4.69, 9.17) is 9.47 Å². The molecule has 68 valence electrons. The number of ether oxygens (including phenoxy) is 2. The van der Waals surface area contributed by atoms with Gasteiger partial charge in [-0.3, -0.25) is 0 Å². The Morgan fingerprint density at radius 3 is 2.83 bits per heavy atom. The van der Waals surface area contributed by atoms with Crippen molar-refractivity contribution >= 4 is 5.97 Å². The largest absolute Gasteiger partial charge is 0.433 e.